The molecule has 1 aliphatic heterocycles. The van der Waals surface area contributed by atoms with E-state index in [1.54, 1.807) is 12.4 Å². The molecule has 27 heavy (non-hydrogen) atoms. The Morgan fingerprint density at radius 1 is 1.15 bits per heavy atom. The van der Waals surface area contributed by atoms with Gasteiger partial charge in [0.1, 0.15) is 5.82 Å². The summed E-state index contributed by atoms with van der Waals surface area (Å²) >= 11 is 0. The number of aryl methyl sites for hydroxylation is 2. The first kappa shape index (κ1) is 17.3. The van der Waals surface area contributed by atoms with Gasteiger partial charge in [0, 0.05) is 50.2 Å². The first-order valence-corrected chi connectivity index (χ1v) is 9.24. The van der Waals surface area contributed by atoms with Crippen LogP contribution in [0.3, 0.4) is 0 Å². The lowest BCUT2D eigenvalue weighted by atomic mass is 10.1. The van der Waals surface area contributed by atoms with Crippen molar-refractivity contribution in [1.82, 2.24) is 20.1 Å². The number of hydrogen-bond acceptors (Lipinski definition) is 4. The molecule has 1 N–H and O–H groups in total. The van der Waals surface area contributed by atoms with Gasteiger partial charge in [0.25, 0.3) is 5.91 Å². The minimum atomic E-state index is -0.0722. The third-order valence-electron chi connectivity index (χ3n) is 4.77. The van der Waals surface area contributed by atoms with Crippen LogP contribution in [0.4, 0.5) is 5.82 Å². The second kappa shape index (κ2) is 7.61. The van der Waals surface area contributed by atoms with Crippen LogP contribution in [0.1, 0.15) is 33.6 Å². The summed E-state index contributed by atoms with van der Waals surface area (Å²) in [6.45, 7) is 5.34. The number of rotatable bonds is 5. The maximum absolute atomic E-state index is 12.3. The summed E-state index contributed by atoms with van der Waals surface area (Å²) in [4.78, 5) is 18.7. The van der Waals surface area contributed by atoms with Crippen molar-refractivity contribution in [2.45, 2.75) is 33.0 Å². The lowest BCUT2D eigenvalue weighted by Crippen LogP contribution is -2.31. The van der Waals surface area contributed by atoms with Gasteiger partial charge in [0.05, 0.1) is 5.69 Å². The predicted molar refractivity (Wildman–Crippen MR) is 104 cm³/mol. The highest BCUT2D eigenvalue weighted by molar-refractivity contribution is 5.94. The fraction of sp³-hybridized carbons (Fsp3) is 0.286. The van der Waals surface area contributed by atoms with Crippen molar-refractivity contribution in [3.05, 3.63) is 77.2 Å². The van der Waals surface area contributed by atoms with Crippen LogP contribution >= 0.6 is 0 Å². The molecule has 6 nitrogen and oxygen atoms in total. The Kier molecular flexibility index (Phi) is 4.87. The van der Waals surface area contributed by atoms with E-state index in [0.29, 0.717) is 12.1 Å². The number of carbonyl (C=O) groups is 1. The molecule has 1 aliphatic rings. The molecule has 0 atom stereocenters. The highest BCUT2D eigenvalue weighted by Crippen LogP contribution is 2.23. The summed E-state index contributed by atoms with van der Waals surface area (Å²) in [7, 11) is 0. The van der Waals surface area contributed by atoms with Crippen molar-refractivity contribution in [1.29, 1.82) is 0 Å². The lowest BCUT2D eigenvalue weighted by molar-refractivity contribution is 0.0951. The SMILES string of the molecule is Cc1cc2n(n1)CCCN2Cc1ccc(C(=O)NCc2cccnc2)cc1. The fourth-order valence-corrected chi connectivity index (χ4v) is 3.41. The molecule has 138 valence electrons. The fourth-order valence-electron chi connectivity index (χ4n) is 3.41. The molecule has 0 bridgehead atoms. The third kappa shape index (κ3) is 4.00. The molecule has 3 heterocycles. The molecule has 0 saturated heterocycles. The Morgan fingerprint density at radius 2 is 2.00 bits per heavy atom. The van der Waals surface area contributed by atoms with E-state index in [1.807, 2.05) is 43.3 Å². The van der Waals surface area contributed by atoms with Crippen LogP contribution in [0.15, 0.2) is 54.9 Å². The molecule has 0 saturated carbocycles. The summed E-state index contributed by atoms with van der Waals surface area (Å²) in [6.07, 6.45) is 4.58. The first-order valence-electron chi connectivity index (χ1n) is 9.24. The van der Waals surface area contributed by atoms with Gasteiger partial charge in [0.2, 0.25) is 0 Å². The van der Waals surface area contributed by atoms with E-state index in [2.05, 4.69) is 31.0 Å². The van der Waals surface area contributed by atoms with Crippen molar-refractivity contribution in [2.24, 2.45) is 0 Å². The number of benzene rings is 1. The minimum Gasteiger partial charge on any atom is -0.352 e. The highest BCUT2D eigenvalue weighted by atomic mass is 16.1. The Morgan fingerprint density at radius 3 is 2.78 bits per heavy atom. The van der Waals surface area contributed by atoms with E-state index in [1.165, 1.54) is 11.4 Å². The highest BCUT2D eigenvalue weighted by Gasteiger charge is 2.18. The van der Waals surface area contributed by atoms with Crippen LogP contribution in [0.25, 0.3) is 0 Å². The molecule has 1 aromatic carbocycles. The number of fused-ring (bicyclic) bond motifs is 1. The van der Waals surface area contributed by atoms with Gasteiger partial charge in [-0.05, 0) is 42.7 Å². The van der Waals surface area contributed by atoms with Gasteiger partial charge in [-0.1, -0.05) is 18.2 Å². The summed E-state index contributed by atoms with van der Waals surface area (Å²) < 4.78 is 2.08. The Bertz CT molecular complexity index is 918. The van der Waals surface area contributed by atoms with Gasteiger partial charge in [0.15, 0.2) is 0 Å². The smallest absolute Gasteiger partial charge is 0.251 e. The van der Waals surface area contributed by atoms with Crippen LogP contribution in [0, 0.1) is 6.92 Å². The van der Waals surface area contributed by atoms with Crippen LogP contribution < -0.4 is 10.2 Å². The standard InChI is InChI=1S/C21H23N5O/c1-16-12-20-25(10-3-11-26(20)24-16)15-17-5-7-19(8-6-17)21(27)23-14-18-4-2-9-22-13-18/h2,4-9,12-13H,3,10-11,14-15H2,1H3,(H,23,27). The van der Waals surface area contributed by atoms with Crippen molar-refractivity contribution < 1.29 is 4.79 Å². The van der Waals surface area contributed by atoms with E-state index in [9.17, 15) is 4.79 Å². The van der Waals surface area contributed by atoms with Gasteiger partial charge in [-0.2, -0.15) is 5.10 Å². The first-order chi connectivity index (χ1) is 13.2. The summed E-state index contributed by atoms with van der Waals surface area (Å²) in [5.74, 6) is 1.11. The molecule has 0 fully saturated rings. The summed E-state index contributed by atoms with van der Waals surface area (Å²) in [5, 5.41) is 7.47. The number of anilines is 1. The average molecular weight is 361 g/mol. The van der Waals surface area contributed by atoms with Gasteiger partial charge in [-0.3, -0.25) is 9.78 Å². The van der Waals surface area contributed by atoms with E-state index in [4.69, 9.17) is 0 Å². The van der Waals surface area contributed by atoms with E-state index >= 15 is 0 Å². The Hall–Kier alpha value is -3.15. The number of amides is 1. The van der Waals surface area contributed by atoms with Crippen molar-refractivity contribution in [3.8, 4) is 0 Å². The van der Waals surface area contributed by atoms with Gasteiger partial charge in [-0.25, -0.2) is 4.68 Å². The summed E-state index contributed by atoms with van der Waals surface area (Å²) in [5.41, 5.74) is 3.89. The van der Waals surface area contributed by atoms with Crippen molar-refractivity contribution >= 4 is 11.7 Å². The van der Waals surface area contributed by atoms with Crippen molar-refractivity contribution in [2.75, 3.05) is 11.4 Å². The zero-order valence-corrected chi connectivity index (χ0v) is 15.4. The molecule has 0 radical (unpaired) electrons. The molecule has 0 aliphatic carbocycles. The molecule has 2 aromatic heterocycles. The maximum atomic E-state index is 12.3. The normalized spacial score (nSPS) is 13.3. The van der Waals surface area contributed by atoms with E-state index < -0.39 is 0 Å². The zero-order chi connectivity index (χ0) is 18.6. The molecule has 3 aromatic rings. The average Bonchev–Trinajstić information content (AvgIpc) is 3.09. The largest absolute Gasteiger partial charge is 0.352 e. The summed E-state index contributed by atoms with van der Waals surface area (Å²) in [6, 6.07) is 13.8. The van der Waals surface area contributed by atoms with Gasteiger partial charge in [-0.15, -0.1) is 0 Å². The van der Waals surface area contributed by atoms with Gasteiger partial charge >= 0.3 is 0 Å². The number of hydrogen-bond donors (Lipinski definition) is 1. The number of nitrogens with zero attached hydrogens (tertiary/aromatic N) is 4. The second-order valence-corrected chi connectivity index (χ2v) is 6.88. The molecule has 0 spiro atoms. The van der Waals surface area contributed by atoms with E-state index in [-0.39, 0.29) is 5.91 Å². The predicted octanol–water partition coefficient (Wildman–Crippen LogP) is 2.93. The number of carbonyl (C=O) groups excluding carboxylic acids is 1. The number of aromatic nitrogens is 3. The quantitative estimate of drug-likeness (QED) is 0.759. The van der Waals surface area contributed by atoms with Crippen LogP contribution in [0.2, 0.25) is 0 Å². The molecule has 1 amide bonds. The Balaban J connectivity index is 1.38. The topological polar surface area (TPSA) is 63.1 Å². The lowest BCUT2D eigenvalue weighted by Gasteiger charge is -2.29. The second-order valence-electron chi connectivity index (χ2n) is 6.88. The van der Waals surface area contributed by atoms with E-state index in [0.717, 1.165) is 37.3 Å². The maximum Gasteiger partial charge on any atom is 0.251 e. The number of nitrogens with one attached hydrogen (secondary N) is 1. The molecule has 6 heteroatoms. The van der Waals surface area contributed by atoms with Crippen molar-refractivity contribution in [3.63, 3.8) is 0 Å². The minimum absolute atomic E-state index is 0.0722. The Labute approximate surface area is 158 Å². The zero-order valence-electron chi connectivity index (χ0n) is 15.4. The molecular formula is C21H23N5O. The van der Waals surface area contributed by atoms with Crippen LogP contribution in [-0.2, 0) is 19.6 Å². The van der Waals surface area contributed by atoms with Crippen LogP contribution in [0.5, 0.6) is 0 Å². The molecule has 0 unspecified atom stereocenters. The molecule has 4 rings (SSSR count). The monoisotopic (exact) mass is 361 g/mol. The number of pyridine rings is 1. The third-order valence-corrected chi connectivity index (χ3v) is 4.77. The molecular weight excluding hydrogens is 338 g/mol. The van der Waals surface area contributed by atoms with Crippen LogP contribution in [-0.4, -0.2) is 27.2 Å². The van der Waals surface area contributed by atoms with Gasteiger partial charge < -0.3 is 10.2 Å².